The van der Waals surface area contributed by atoms with Gasteiger partial charge >= 0.3 is 0 Å². The normalized spacial score (nSPS) is 11.7. The molecule has 0 N–H and O–H groups in total. The summed E-state index contributed by atoms with van der Waals surface area (Å²) in [5.74, 6) is 0.875. The van der Waals surface area contributed by atoms with E-state index < -0.39 is 10.0 Å². The van der Waals surface area contributed by atoms with Crippen molar-refractivity contribution < 1.29 is 8.42 Å². The average Bonchev–Trinajstić information content (AvgIpc) is 3.38. The van der Waals surface area contributed by atoms with Crippen molar-refractivity contribution >= 4 is 33.4 Å². The van der Waals surface area contributed by atoms with Gasteiger partial charge in [-0.15, -0.1) is 0 Å². The molecule has 5 nitrogen and oxygen atoms in total. The molecule has 0 unspecified atom stereocenters. The van der Waals surface area contributed by atoms with Crippen molar-refractivity contribution in [2.75, 3.05) is 5.75 Å². The quantitative estimate of drug-likeness (QED) is 0.161. The molecule has 0 spiro atoms. The summed E-state index contributed by atoms with van der Waals surface area (Å²) in [6.07, 6.45) is 1.83. The van der Waals surface area contributed by atoms with Crippen molar-refractivity contribution in [1.82, 2.24) is 13.9 Å². The van der Waals surface area contributed by atoms with Gasteiger partial charge in [-0.25, -0.2) is 13.4 Å². The number of aromatic nitrogens is 2. The van der Waals surface area contributed by atoms with E-state index in [4.69, 9.17) is 11.6 Å². The highest BCUT2D eigenvalue weighted by Crippen LogP contribution is 2.31. The van der Waals surface area contributed by atoms with Crippen LogP contribution in [0.5, 0.6) is 0 Å². The number of nitrogens with zero attached hydrogens (tertiary/aromatic N) is 3. The first-order valence-electron chi connectivity index (χ1n) is 12.6. The molecule has 0 bridgehead atoms. The van der Waals surface area contributed by atoms with Crippen molar-refractivity contribution in [1.29, 1.82) is 0 Å². The van der Waals surface area contributed by atoms with Crippen molar-refractivity contribution in [3.05, 3.63) is 132 Å². The van der Waals surface area contributed by atoms with Crippen LogP contribution in [0.3, 0.4) is 0 Å². The lowest BCUT2D eigenvalue weighted by Gasteiger charge is -2.23. The van der Waals surface area contributed by atoms with E-state index in [0.717, 1.165) is 39.0 Å². The molecule has 39 heavy (non-hydrogen) atoms. The second kappa shape index (κ2) is 12.2. The molecular formula is C31H28ClN3O2S2. The summed E-state index contributed by atoms with van der Waals surface area (Å²) in [7, 11) is -3.77. The van der Waals surface area contributed by atoms with E-state index in [-0.39, 0.29) is 18.0 Å². The zero-order chi connectivity index (χ0) is 27.2. The van der Waals surface area contributed by atoms with Gasteiger partial charge in [-0.2, -0.15) is 4.31 Å². The fourth-order valence-electron chi connectivity index (χ4n) is 4.36. The highest BCUT2D eigenvalue weighted by Gasteiger charge is 2.25. The monoisotopic (exact) mass is 573 g/mol. The van der Waals surface area contributed by atoms with Gasteiger partial charge in [0.2, 0.25) is 10.0 Å². The smallest absolute Gasteiger partial charge is 0.243 e. The number of benzene rings is 4. The first kappa shape index (κ1) is 27.2. The van der Waals surface area contributed by atoms with Gasteiger partial charge in [-0.3, -0.25) is 4.57 Å². The molecule has 8 heteroatoms. The molecule has 0 radical (unpaired) electrons. The van der Waals surface area contributed by atoms with E-state index in [0.29, 0.717) is 5.02 Å². The minimum atomic E-state index is -3.77. The summed E-state index contributed by atoms with van der Waals surface area (Å²) in [6.45, 7) is 2.64. The maximum atomic E-state index is 13.9. The van der Waals surface area contributed by atoms with Crippen molar-refractivity contribution in [3.63, 3.8) is 0 Å². The molecule has 0 aliphatic rings. The summed E-state index contributed by atoms with van der Waals surface area (Å²) in [6, 6.07) is 34.0. The zero-order valence-electron chi connectivity index (χ0n) is 21.4. The lowest BCUT2D eigenvalue weighted by molar-refractivity contribution is 0.401. The Morgan fingerprint density at radius 1 is 0.795 bits per heavy atom. The molecule has 0 atom stereocenters. The molecular weight excluding hydrogens is 546 g/mol. The standard InChI is InChI=1S/C31H28ClN3O2S2/c1-2-38-31-33-21-30(35(31)28-17-15-27(32)16-18-28)26-13-19-29(20-14-26)39(36,37)34(22-24-9-5-3-6-10-24)23-25-11-7-4-8-12-25/h3-21H,2,22-23H2,1H3. The summed E-state index contributed by atoms with van der Waals surface area (Å²) in [4.78, 5) is 4.89. The molecule has 0 fully saturated rings. The number of thioether (sulfide) groups is 1. The minimum absolute atomic E-state index is 0.249. The third kappa shape index (κ3) is 6.28. The maximum absolute atomic E-state index is 13.9. The Morgan fingerprint density at radius 2 is 1.36 bits per heavy atom. The highest BCUT2D eigenvalue weighted by atomic mass is 35.5. The predicted molar refractivity (Wildman–Crippen MR) is 160 cm³/mol. The summed E-state index contributed by atoms with van der Waals surface area (Å²) in [5, 5.41) is 1.53. The highest BCUT2D eigenvalue weighted by molar-refractivity contribution is 7.99. The maximum Gasteiger partial charge on any atom is 0.243 e. The van der Waals surface area contributed by atoms with E-state index in [2.05, 4.69) is 16.5 Å². The van der Waals surface area contributed by atoms with Crippen LogP contribution < -0.4 is 0 Å². The summed E-state index contributed by atoms with van der Waals surface area (Å²) >= 11 is 7.77. The number of imidazole rings is 1. The number of sulfonamides is 1. The van der Waals surface area contributed by atoms with Crippen LogP contribution in [0, 0.1) is 0 Å². The lowest BCUT2D eigenvalue weighted by atomic mass is 10.1. The van der Waals surface area contributed by atoms with Gasteiger partial charge in [-0.1, -0.05) is 103 Å². The Balaban J connectivity index is 1.49. The Bertz CT molecular complexity index is 1580. The van der Waals surface area contributed by atoms with Crippen LogP contribution in [-0.4, -0.2) is 28.0 Å². The van der Waals surface area contributed by atoms with Crippen LogP contribution >= 0.6 is 23.4 Å². The second-order valence-corrected chi connectivity index (χ2v) is 12.5. The molecule has 0 saturated heterocycles. The van der Waals surface area contributed by atoms with Crippen LogP contribution in [0.4, 0.5) is 0 Å². The van der Waals surface area contributed by atoms with Gasteiger partial charge in [0.15, 0.2) is 5.16 Å². The molecule has 4 aromatic carbocycles. The molecule has 5 aromatic rings. The molecule has 198 valence electrons. The van der Waals surface area contributed by atoms with E-state index in [9.17, 15) is 8.42 Å². The number of hydrogen-bond donors (Lipinski definition) is 0. The largest absolute Gasteiger partial charge is 0.287 e. The van der Waals surface area contributed by atoms with Gasteiger partial charge in [0.05, 0.1) is 16.8 Å². The molecule has 1 heterocycles. The topological polar surface area (TPSA) is 55.2 Å². The van der Waals surface area contributed by atoms with Gasteiger partial charge in [0.25, 0.3) is 0 Å². The van der Waals surface area contributed by atoms with Crippen LogP contribution in [-0.2, 0) is 23.1 Å². The van der Waals surface area contributed by atoms with E-state index in [1.165, 1.54) is 4.31 Å². The number of rotatable bonds is 10. The minimum Gasteiger partial charge on any atom is -0.287 e. The zero-order valence-corrected chi connectivity index (χ0v) is 23.8. The van der Waals surface area contributed by atoms with Crippen LogP contribution in [0.1, 0.15) is 18.1 Å². The van der Waals surface area contributed by atoms with Gasteiger partial charge in [0.1, 0.15) is 0 Å². The van der Waals surface area contributed by atoms with E-state index >= 15 is 0 Å². The van der Waals surface area contributed by atoms with E-state index in [1.54, 1.807) is 23.9 Å². The van der Waals surface area contributed by atoms with Crippen molar-refractivity contribution in [2.45, 2.75) is 30.1 Å². The van der Waals surface area contributed by atoms with Crippen molar-refractivity contribution in [2.24, 2.45) is 0 Å². The second-order valence-electron chi connectivity index (χ2n) is 8.94. The van der Waals surface area contributed by atoms with Crippen LogP contribution in [0.2, 0.25) is 5.02 Å². The van der Waals surface area contributed by atoms with Gasteiger partial charge in [-0.05, 0) is 53.3 Å². The first-order chi connectivity index (χ1) is 19.0. The molecule has 0 saturated carbocycles. The van der Waals surface area contributed by atoms with Crippen LogP contribution in [0.15, 0.2) is 125 Å². The van der Waals surface area contributed by atoms with Crippen molar-refractivity contribution in [3.8, 4) is 16.9 Å². The third-order valence-corrected chi connectivity index (χ3v) is 9.17. The summed E-state index contributed by atoms with van der Waals surface area (Å²) in [5.41, 5.74) is 4.55. The Hall–Kier alpha value is -3.36. The Labute approximate surface area is 239 Å². The molecule has 0 aliphatic carbocycles. The fourth-order valence-corrected chi connectivity index (χ4v) is 6.62. The fraction of sp³-hybridized carbons (Fsp3) is 0.129. The lowest BCUT2D eigenvalue weighted by Crippen LogP contribution is -2.30. The number of halogens is 1. The summed E-state index contributed by atoms with van der Waals surface area (Å²) < 4.78 is 31.4. The first-order valence-corrected chi connectivity index (χ1v) is 15.4. The molecule has 0 amide bonds. The Morgan fingerprint density at radius 3 is 1.90 bits per heavy atom. The molecule has 5 rings (SSSR count). The van der Waals surface area contributed by atoms with Gasteiger partial charge in [0, 0.05) is 29.4 Å². The molecule has 1 aromatic heterocycles. The third-order valence-electron chi connectivity index (χ3n) is 6.28. The number of hydrogen-bond acceptors (Lipinski definition) is 4. The average molecular weight is 574 g/mol. The predicted octanol–water partition coefficient (Wildman–Crippen LogP) is 7.70. The van der Waals surface area contributed by atoms with Crippen LogP contribution in [0.25, 0.3) is 16.9 Å². The Kier molecular flexibility index (Phi) is 8.53. The van der Waals surface area contributed by atoms with E-state index in [1.807, 2.05) is 103 Å². The van der Waals surface area contributed by atoms with Gasteiger partial charge < -0.3 is 0 Å². The SMILES string of the molecule is CCSc1ncc(-c2ccc(S(=O)(=O)N(Cc3ccccc3)Cc3ccccc3)cc2)n1-c1ccc(Cl)cc1. The molecule has 0 aliphatic heterocycles.